The smallest absolute Gasteiger partial charge is 0.369 e. The fraction of sp³-hybridized carbons (Fsp3) is 0.286. The van der Waals surface area contributed by atoms with Gasteiger partial charge in [-0.25, -0.2) is 4.98 Å². The van der Waals surface area contributed by atoms with Crippen LogP contribution in [0, 0.1) is 0 Å². The summed E-state index contributed by atoms with van der Waals surface area (Å²) >= 11 is 0. The van der Waals surface area contributed by atoms with E-state index in [4.69, 9.17) is 0 Å². The summed E-state index contributed by atoms with van der Waals surface area (Å²) in [6.07, 6.45) is -0.411. The summed E-state index contributed by atoms with van der Waals surface area (Å²) in [5, 5.41) is 5.88. The highest BCUT2D eigenvalue weighted by Gasteiger charge is 2.30. The molecule has 2 aromatic rings. The lowest BCUT2D eigenvalue weighted by molar-refractivity contribution is -0.137. The number of alkyl halides is 3. The first-order valence-corrected chi connectivity index (χ1v) is 6.49. The number of aromatic nitrogens is 2. The third kappa shape index (κ3) is 4.34. The van der Waals surface area contributed by atoms with Crippen LogP contribution in [0.15, 0.2) is 36.7 Å². The van der Waals surface area contributed by atoms with E-state index in [1.165, 1.54) is 12.3 Å². The van der Waals surface area contributed by atoms with Gasteiger partial charge in [0.15, 0.2) is 5.82 Å². The van der Waals surface area contributed by atoms with Crippen LogP contribution in [0.5, 0.6) is 0 Å². The van der Waals surface area contributed by atoms with E-state index in [1.54, 1.807) is 12.3 Å². The molecule has 0 aliphatic rings. The molecule has 0 aliphatic heterocycles. The van der Waals surface area contributed by atoms with Crippen molar-refractivity contribution in [3.63, 3.8) is 0 Å². The average molecular weight is 296 g/mol. The van der Waals surface area contributed by atoms with E-state index in [9.17, 15) is 13.2 Å². The second-order valence-corrected chi connectivity index (χ2v) is 4.42. The minimum Gasteiger partial charge on any atom is -0.369 e. The van der Waals surface area contributed by atoms with Gasteiger partial charge in [-0.05, 0) is 24.6 Å². The maximum Gasteiger partial charge on any atom is 0.416 e. The minimum absolute atomic E-state index is 0.312. The molecule has 2 N–H and O–H groups in total. The van der Waals surface area contributed by atoms with E-state index in [0.717, 1.165) is 25.1 Å². The van der Waals surface area contributed by atoms with Crippen LogP contribution in [0.1, 0.15) is 18.9 Å². The lowest BCUT2D eigenvalue weighted by atomic mass is 10.2. The number of rotatable bonds is 5. The molecule has 0 unspecified atom stereocenters. The first-order chi connectivity index (χ1) is 9.99. The molecule has 2 rings (SSSR count). The zero-order valence-electron chi connectivity index (χ0n) is 11.4. The van der Waals surface area contributed by atoms with Gasteiger partial charge in [0.05, 0.1) is 18.0 Å². The van der Waals surface area contributed by atoms with Crippen molar-refractivity contribution in [2.75, 3.05) is 17.2 Å². The van der Waals surface area contributed by atoms with Crippen LogP contribution in [0.2, 0.25) is 0 Å². The number of anilines is 3. The Bertz CT molecular complexity index is 599. The van der Waals surface area contributed by atoms with Crippen LogP contribution in [0.3, 0.4) is 0 Å². The predicted molar refractivity (Wildman–Crippen MR) is 75.5 cm³/mol. The molecule has 1 aromatic carbocycles. The van der Waals surface area contributed by atoms with Crippen molar-refractivity contribution in [2.45, 2.75) is 19.5 Å². The van der Waals surface area contributed by atoms with Gasteiger partial charge in [0, 0.05) is 12.2 Å². The van der Waals surface area contributed by atoms with Crippen LogP contribution in [0.4, 0.5) is 30.5 Å². The Labute approximate surface area is 120 Å². The van der Waals surface area contributed by atoms with Gasteiger partial charge in [-0.3, -0.25) is 4.98 Å². The Balaban J connectivity index is 2.14. The van der Waals surface area contributed by atoms with Gasteiger partial charge in [0.1, 0.15) is 5.82 Å². The lowest BCUT2D eigenvalue weighted by Gasteiger charge is -2.11. The standard InChI is InChI=1S/C14H15F3N4/c1-2-6-19-12-8-18-9-13(21-12)20-11-5-3-4-10(7-11)14(15,16)17/h3-5,7-9H,2,6H2,1H3,(H2,19,20,21). The topological polar surface area (TPSA) is 49.8 Å². The van der Waals surface area contributed by atoms with Crippen molar-refractivity contribution < 1.29 is 13.2 Å². The number of hydrogen-bond acceptors (Lipinski definition) is 4. The fourth-order valence-corrected chi connectivity index (χ4v) is 1.69. The normalized spacial score (nSPS) is 11.2. The Kier molecular flexibility index (Phi) is 4.62. The fourth-order valence-electron chi connectivity index (χ4n) is 1.69. The molecule has 0 amide bonds. The van der Waals surface area contributed by atoms with E-state index >= 15 is 0 Å². The summed E-state index contributed by atoms with van der Waals surface area (Å²) < 4.78 is 37.9. The maximum absolute atomic E-state index is 12.6. The van der Waals surface area contributed by atoms with Gasteiger partial charge in [-0.15, -0.1) is 0 Å². The molecule has 0 radical (unpaired) electrons. The van der Waals surface area contributed by atoms with Crippen molar-refractivity contribution in [3.8, 4) is 0 Å². The third-order valence-corrected chi connectivity index (χ3v) is 2.65. The highest BCUT2D eigenvalue weighted by molar-refractivity contribution is 5.58. The number of halogens is 3. The van der Waals surface area contributed by atoms with E-state index in [0.29, 0.717) is 17.3 Å². The van der Waals surface area contributed by atoms with Gasteiger partial charge in [-0.1, -0.05) is 13.0 Å². The van der Waals surface area contributed by atoms with Gasteiger partial charge in [0.25, 0.3) is 0 Å². The van der Waals surface area contributed by atoms with Crippen LogP contribution >= 0.6 is 0 Å². The van der Waals surface area contributed by atoms with Crippen molar-refractivity contribution in [1.82, 2.24) is 9.97 Å². The first-order valence-electron chi connectivity index (χ1n) is 6.49. The average Bonchev–Trinajstić information content (AvgIpc) is 2.45. The van der Waals surface area contributed by atoms with E-state index in [2.05, 4.69) is 20.6 Å². The summed E-state index contributed by atoms with van der Waals surface area (Å²) in [4.78, 5) is 8.23. The largest absolute Gasteiger partial charge is 0.416 e. The van der Waals surface area contributed by atoms with E-state index < -0.39 is 11.7 Å². The first kappa shape index (κ1) is 15.1. The second-order valence-electron chi connectivity index (χ2n) is 4.42. The number of benzene rings is 1. The Hall–Kier alpha value is -2.31. The third-order valence-electron chi connectivity index (χ3n) is 2.65. The minimum atomic E-state index is -4.37. The van der Waals surface area contributed by atoms with Crippen molar-refractivity contribution in [3.05, 3.63) is 42.2 Å². The summed E-state index contributed by atoms with van der Waals surface area (Å²) in [6.45, 7) is 2.77. The molecule has 0 bridgehead atoms. The Morgan fingerprint density at radius 2 is 1.90 bits per heavy atom. The Morgan fingerprint density at radius 3 is 2.62 bits per heavy atom. The molecule has 0 saturated heterocycles. The molecular formula is C14H15F3N4. The SMILES string of the molecule is CCCNc1cncc(Nc2cccc(C(F)(F)F)c2)n1. The molecule has 21 heavy (non-hydrogen) atoms. The molecule has 0 spiro atoms. The molecule has 1 aromatic heterocycles. The summed E-state index contributed by atoms with van der Waals surface area (Å²) in [5.41, 5.74) is -0.396. The van der Waals surface area contributed by atoms with E-state index in [1.807, 2.05) is 6.92 Å². The summed E-state index contributed by atoms with van der Waals surface area (Å²) in [5.74, 6) is 0.962. The van der Waals surface area contributed by atoms with Gasteiger partial charge in [0.2, 0.25) is 0 Å². The zero-order chi connectivity index (χ0) is 15.3. The number of nitrogens with one attached hydrogen (secondary N) is 2. The van der Waals surface area contributed by atoms with Crippen LogP contribution in [-0.2, 0) is 6.18 Å². The Morgan fingerprint density at radius 1 is 1.14 bits per heavy atom. The quantitative estimate of drug-likeness (QED) is 0.873. The van der Waals surface area contributed by atoms with Crippen LogP contribution in [0.25, 0.3) is 0 Å². The number of nitrogens with zero attached hydrogens (tertiary/aromatic N) is 2. The molecule has 4 nitrogen and oxygen atoms in total. The molecule has 1 heterocycles. The van der Waals surface area contributed by atoms with Crippen molar-refractivity contribution >= 4 is 17.3 Å². The predicted octanol–water partition coefficient (Wildman–Crippen LogP) is 4.06. The monoisotopic (exact) mass is 296 g/mol. The van der Waals surface area contributed by atoms with Crippen molar-refractivity contribution in [2.24, 2.45) is 0 Å². The molecule has 0 aliphatic carbocycles. The highest BCUT2D eigenvalue weighted by atomic mass is 19.4. The van der Waals surface area contributed by atoms with Crippen LogP contribution < -0.4 is 10.6 Å². The molecule has 112 valence electrons. The lowest BCUT2D eigenvalue weighted by Crippen LogP contribution is -2.06. The van der Waals surface area contributed by atoms with E-state index in [-0.39, 0.29) is 0 Å². The summed E-state index contributed by atoms with van der Waals surface area (Å²) in [6, 6.07) is 4.95. The maximum atomic E-state index is 12.6. The van der Waals surface area contributed by atoms with Gasteiger partial charge in [-0.2, -0.15) is 13.2 Å². The van der Waals surface area contributed by atoms with Crippen molar-refractivity contribution in [1.29, 1.82) is 0 Å². The summed E-state index contributed by atoms with van der Waals surface area (Å²) in [7, 11) is 0. The second kappa shape index (κ2) is 6.43. The molecule has 0 atom stereocenters. The molecule has 0 fully saturated rings. The zero-order valence-corrected chi connectivity index (χ0v) is 11.4. The van der Waals surface area contributed by atoms with Gasteiger partial charge < -0.3 is 10.6 Å². The van der Waals surface area contributed by atoms with Gasteiger partial charge >= 0.3 is 6.18 Å². The number of hydrogen-bond donors (Lipinski definition) is 2. The van der Waals surface area contributed by atoms with Crippen LogP contribution in [-0.4, -0.2) is 16.5 Å². The molecule has 0 saturated carbocycles. The molecule has 7 heteroatoms. The molecular weight excluding hydrogens is 281 g/mol. The highest BCUT2D eigenvalue weighted by Crippen LogP contribution is 2.31.